The minimum absolute atomic E-state index is 0.265. The third-order valence-corrected chi connectivity index (χ3v) is 9.84. The summed E-state index contributed by atoms with van der Waals surface area (Å²) in [5, 5.41) is 14.4. The fourth-order valence-corrected chi connectivity index (χ4v) is 8.65. The average Bonchev–Trinajstić information content (AvgIpc) is 2.97. The minimum atomic E-state index is -0.621. The lowest BCUT2D eigenvalue weighted by Gasteiger charge is -2.62. The van der Waals surface area contributed by atoms with Crippen LogP contribution in [-0.2, 0) is 4.79 Å². The first kappa shape index (κ1) is 19.7. The van der Waals surface area contributed by atoms with E-state index in [1.54, 1.807) is 0 Å². The van der Waals surface area contributed by atoms with Crippen LogP contribution >= 0.6 is 0 Å². The van der Waals surface area contributed by atoms with Gasteiger partial charge in [-0.05, 0) is 93.4 Å². The molecular formula is C23H40N2O2. The van der Waals surface area contributed by atoms with E-state index in [9.17, 15) is 9.90 Å². The van der Waals surface area contributed by atoms with E-state index in [-0.39, 0.29) is 5.41 Å². The highest BCUT2D eigenvalue weighted by molar-refractivity contribution is 5.77. The van der Waals surface area contributed by atoms with E-state index in [1.165, 1.54) is 32.1 Å². The largest absolute Gasteiger partial charge is 0.389 e. The second-order valence-electron chi connectivity index (χ2n) is 11.0. The van der Waals surface area contributed by atoms with Crippen LogP contribution in [0.2, 0.25) is 0 Å². The van der Waals surface area contributed by atoms with E-state index in [0.717, 1.165) is 37.0 Å². The summed E-state index contributed by atoms with van der Waals surface area (Å²) in [4.78, 5) is 14.4. The Morgan fingerprint density at radius 1 is 1.11 bits per heavy atom. The molecule has 5 unspecified atom stereocenters. The highest BCUT2D eigenvalue weighted by atomic mass is 16.3. The number of carbonyl (C=O) groups is 1. The topological polar surface area (TPSA) is 52.6 Å². The Balaban J connectivity index is 1.60. The number of nitrogens with zero attached hydrogens (tertiary/aromatic N) is 1. The summed E-state index contributed by atoms with van der Waals surface area (Å²) in [6.07, 6.45) is 9.20. The van der Waals surface area contributed by atoms with E-state index >= 15 is 0 Å². The molecule has 0 bridgehead atoms. The standard InChI is InChI=1S/C23H40N2O2/c1-21-12-10-17-15(16(21)7-8-18(21)23(3,27)14-24-4)6-9-19-22(17,2)13-11-20(26)25(19)5/h15-19,24,27H,6-14H2,1-5H3/t15?,16?,17?,18-,19?,21-,22+,23?/m0/s1. The maximum Gasteiger partial charge on any atom is 0.222 e. The van der Waals surface area contributed by atoms with Gasteiger partial charge in [0.1, 0.15) is 0 Å². The number of amides is 1. The van der Waals surface area contributed by atoms with Crippen molar-refractivity contribution in [2.75, 3.05) is 20.6 Å². The van der Waals surface area contributed by atoms with Gasteiger partial charge in [-0.1, -0.05) is 13.8 Å². The predicted molar refractivity (Wildman–Crippen MR) is 108 cm³/mol. The lowest BCUT2D eigenvalue weighted by atomic mass is 9.46. The van der Waals surface area contributed by atoms with Gasteiger partial charge in [0.2, 0.25) is 5.91 Å². The van der Waals surface area contributed by atoms with Gasteiger partial charge >= 0.3 is 0 Å². The summed E-state index contributed by atoms with van der Waals surface area (Å²) in [6.45, 7) is 7.71. The van der Waals surface area contributed by atoms with Crippen LogP contribution in [0.4, 0.5) is 0 Å². The Kier molecular flexibility index (Phi) is 4.71. The van der Waals surface area contributed by atoms with E-state index in [0.29, 0.717) is 29.8 Å². The maximum atomic E-state index is 12.3. The summed E-state index contributed by atoms with van der Waals surface area (Å²) in [7, 11) is 3.99. The molecule has 154 valence electrons. The third-order valence-electron chi connectivity index (χ3n) is 9.84. The van der Waals surface area contributed by atoms with Crippen molar-refractivity contribution in [3.8, 4) is 0 Å². The van der Waals surface area contributed by atoms with Gasteiger partial charge in [-0.2, -0.15) is 0 Å². The van der Waals surface area contributed by atoms with Gasteiger partial charge in [-0.15, -0.1) is 0 Å². The molecular weight excluding hydrogens is 336 g/mol. The molecule has 1 heterocycles. The zero-order valence-corrected chi connectivity index (χ0v) is 18.1. The molecule has 0 aromatic rings. The fourth-order valence-electron chi connectivity index (χ4n) is 8.65. The highest BCUT2D eigenvalue weighted by Crippen LogP contribution is 2.67. The smallest absolute Gasteiger partial charge is 0.222 e. The number of piperidine rings is 1. The van der Waals surface area contributed by atoms with Crippen LogP contribution in [0, 0.1) is 34.5 Å². The molecule has 1 aliphatic heterocycles. The van der Waals surface area contributed by atoms with Crippen LogP contribution in [0.5, 0.6) is 0 Å². The lowest BCUT2D eigenvalue weighted by Crippen LogP contribution is -2.62. The second-order valence-corrected chi connectivity index (χ2v) is 11.0. The van der Waals surface area contributed by atoms with Crippen LogP contribution in [0.3, 0.4) is 0 Å². The first-order valence-corrected chi connectivity index (χ1v) is 11.3. The Bertz CT molecular complexity index is 605. The number of hydrogen-bond acceptors (Lipinski definition) is 3. The Morgan fingerprint density at radius 3 is 2.52 bits per heavy atom. The number of likely N-dealkylation sites (N-methyl/N-ethyl adjacent to an activating group) is 1. The number of rotatable bonds is 3. The van der Waals surface area contributed by atoms with E-state index < -0.39 is 5.60 Å². The molecule has 4 aliphatic rings. The van der Waals surface area contributed by atoms with Crippen LogP contribution in [0.1, 0.15) is 72.1 Å². The van der Waals surface area contributed by atoms with Crippen molar-refractivity contribution in [3.05, 3.63) is 0 Å². The normalized spacial score (nSPS) is 49.2. The van der Waals surface area contributed by atoms with Crippen molar-refractivity contribution in [3.63, 3.8) is 0 Å². The predicted octanol–water partition coefficient (Wildman–Crippen LogP) is 3.44. The summed E-state index contributed by atoms with van der Waals surface area (Å²) in [5.74, 6) is 3.01. The second kappa shape index (κ2) is 6.45. The van der Waals surface area contributed by atoms with Gasteiger partial charge in [0.25, 0.3) is 0 Å². The fraction of sp³-hybridized carbons (Fsp3) is 0.957. The Morgan fingerprint density at radius 2 is 1.81 bits per heavy atom. The Labute approximate surface area is 165 Å². The van der Waals surface area contributed by atoms with Gasteiger partial charge in [-0.3, -0.25) is 4.79 Å². The summed E-state index contributed by atoms with van der Waals surface area (Å²) < 4.78 is 0. The van der Waals surface area contributed by atoms with Gasteiger partial charge in [0.15, 0.2) is 0 Å². The van der Waals surface area contributed by atoms with Gasteiger partial charge in [-0.25, -0.2) is 0 Å². The van der Waals surface area contributed by atoms with Crippen molar-refractivity contribution in [2.24, 2.45) is 34.5 Å². The molecule has 4 nitrogen and oxygen atoms in total. The summed E-state index contributed by atoms with van der Waals surface area (Å²) in [5.41, 5.74) is -0.0662. The van der Waals surface area contributed by atoms with E-state index in [2.05, 4.69) is 24.1 Å². The Hall–Kier alpha value is -0.610. The molecule has 4 fully saturated rings. The monoisotopic (exact) mass is 376 g/mol. The van der Waals surface area contributed by atoms with Gasteiger partial charge in [0, 0.05) is 26.1 Å². The van der Waals surface area contributed by atoms with Crippen LogP contribution in [-0.4, -0.2) is 48.2 Å². The average molecular weight is 377 g/mol. The number of likely N-dealkylation sites (tertiary alicyclic amines) is 1. The molecule has 27 heavy (non-hydrogen) atoms. The molecule has 4 heteroatoms. The quantitative estimate of drug-likeness (QED) is 0.793. The van der Waals surface area contributed by atoms with E-state index in [1.807, 2.05) is 21.0 Å². The lowest BCUT2D eigenvalue weighted by molar-refractivity contribution is -0.162. The van der Waals surface area contributed by atoms with Crippen molar-refractivity contribution >= 4 is 5.91 Å². The van der Waals surface area contributed by atoms with Crippen LogP contribution in [0.25, 0.3) is 0 Å². The molecule has 0 radical (unpaired) electrons. The van der Waals surface area contributed by atoms with E-state index in [4.69, 9.17) is 0 Å². The van der Waals surface area contributed by atoms with Crippen molar-refractivity contribution < 1.29 is 9.90 Å². The first-order chi connectivity index (χ1) is 12.6. The number of hydrogen-bond donors (Lipinski definition) is 2. The number of aliphatic hydroxyl groups is 1. The third kappa shape index (κ3) is 2.73. The first-order valence-electron chi connectivity index (χ1n) is 11.3. The highest BCUT2D eigenvalue weighted by Gasteiger charge is 2.63. The zero-order valence-electron chi connectivity index (χ0n) is 18.1. The number of fused-ring (bicyclic) bond motifs is 5. The molecule has 0 aromatic heterocycles. The summed E-state index contributed by atoms with van der Waals surface area (Å²) in [6, 6.07) is 0.439. The minimum Gasteiger partial charge on any atom is -0.389 e. The molecule has 4 rings (SSSR count). The zero-order chi connectivity index (χ0) is 19.6. The van der Waals surface area contributed by atoms with Crippen molar-refractivity contribution in [1.29, 1.82) is 0 Å². The van der Waals surface area contributed by atoms with Crippen molar-refractivity contribution in [2.45, 2.75) is 83.8 Å². The molecule has 2 N–H and O–H groups in total. The number of nitrogens with one attached hydrogen (secondary N) is 1. The summed E-state index contributed by atoms with van der Waals surface area (Å²) >= 11 is 0. The molecule has 8 atom stereocenters. The van der Waals surface area contributed by atoms with Gasteiger partial charge in [0.05, 0.1) is 5.60 Å². The number of carbonyl (C=O) groups excluding carboxylic acids is 1. The van der Waals surface area contributed by atoms with Gasteiger partial charge < -0.3 is 15.3 Å². The molecule has 0 spiro atoms. The molecule has 1 saturated heterocycles. The SMILES string of the molecule is CNCC(C)(O)[C@H]1CCC2C3CCC4N(C)C(=O)CC[C@]4(C)C3CC[C@@]21C. The molecule has 1 amide bonds. The maximum absolute atomic E-state index is 12.3. The molecule has 0 aromatic carbocycles. The molecule has 3 saturated carbocycles. The van der Waals surface area contributed by atoms with Crippen molar-refractivity contribution in [1.82, 2.24) is 10.2 Å². The molecule has 3 aliphatic carbocycles. The van der Waals surface area contributed by atoms with Crippen LogP contribution < -0.4 is 5.32 Å². The van der Waals surface area contributed by atoms with Crippen LogP contribution in [0.15, 0.2) is 0 Å².